The first kappa shape index (κ1) is 19.8. The number of amides is 1. The number of rotatable bonds is 6. The van der Waals surface area contributed by atoms with Gasteiger partial charge in [-0.05, 0) is 47.9 Å². The van der Waals surface area contributed by atoms with E-state index in [0.717, 1.165) is 23.4 Å². The molecular formula is C19H17ClF3NO2. The Morgan fingerprint density at radius 1 is 1.19 bits per heavy atom. The van der Waals surface area contributed by atoms with Crippen LogP contribution in [-0.2, 0) is 17.4 Å². The lowest BCUT2D eigenvalue weighted by molar-refractivity contribution is -0.137. The standard InChI is InChI=1S/C19H17ClF3NO2/c1-26-15-6-2-13(3-7-15)10-11-24-18(25)9-5-14-4-8-17(20)16(12-14)19(21,22)23/h2-9,12H,10-11H2,1H3,(H,24,25)/b9-5+. The molecule has 0 bridgehead atoms. The van der Waals surface area contributed by atoms with Crippen molar-refractivity contribution in [1.29, 1.82) is 0 Å². The van der Waals surface area contributed by atoms with Gasteiger partial charge < -0.3 is 10.1 Å². The van der Waals surface area contributed by atoms with Gasteiger partial charge in [0, 0.05) is 12.6 Å². The van der Waals surface area contributed by atoms with Crippen LogP contribution in [0.2, 0.25) is 5.02 Å². The van der Waals surface area contributed by atoms with Gasteiger partial charge in [0.05, 0.1) is 17.7 Å². The summed E-state index contributed by atoms with van der Waals surface area (Å²) in [6, 6.07) is 10.9. The van der Waals surface area contributed by atoms with Crippen LogP contribution in [0.15, 0.2) is 48.5 Å². The molecule has 2 aromatic rings. The molecule has 138 valence electrons. The molecule has 0 atom stereocenters. The van der Waals surface area contributed by atoms with Crippen LogP contribution >= 0.6 is 11.6 Å². The van der Waals surface area contributed by atoms with E-state index in [1.165, 1.54) is 18.2 Å². The van der Waals surface area contributed by atoms with Crippen LogP contribution in [0, 0.1) is 0 Å². The van der Waals surface area contributed by atoms with Gasteiger partial charge in [-0.25, -0.2) is 0 Å². The van der Waals surface area contributed by atoms with Crippen molar-refractivity contribution in [3.05, 3.63) is 70.3 Å². The van der Waals surface area contributed by atoms with Crippen molar-refractivity contribution in [2.45, 2.75) is 12.6 Å². The van der Waals surface area contributed by atoms with Crippen molar-refractivity contribution in [3.8, 4) is 5.75 Å². The molecule has 26 heavy (non-hydrogen) atoms. The molecule has 0 saturated carbocycles. The third-order valence-electron chi connectivity index (χ3n) is 3.59. The molecule has 1 N–H and O–H groups in total. The Labute approximate surface area is 154 Å². The van der Waals surface area contributed by atoms with E-state index in [1.807, 2.05) is 24.3 Å². The summed E-state index contributed by atoms with van der Waals surface area (Å²) in [5.41, 5.74) is 0.343. The topological polar surface area (TPSA) is 38.3 Å². The fourth-order valence-electron chi connectivity index (χ4n) is 2.22. The van der Waals surface area contributed by atoms with Gasteiger partial charge in [0.15, 0.2) is 0 Å². The lowest BCUT2D eigenvalue weighted by Crippen LogP contribution is -2.23. The number of carbonyl (C=O) groups excluding carboxylic acids is 1. The largest absolute Gasteiger partial charge is 0.497 e. The third kappa shape index (κ3) is 5.81. The Morgan fingerprint density at radius 3 is 2.50 bits per heavy atom. The zero-order chi connectivity index (χ0) is 19.2. The van der Waals surface area contributed by atoms with Crippen LogP contribution in [0.1, 0.15) is 16.7 Å². The first-order chi connectivity index (χ1) is 12.3. The molecule has 0 aliphatic rings. The van der Waals surface area contributed by atoms with E-state index in [2.05, 4.69) is 5.32 Å². The van der Waals surface area contributed by atoms with E-state index < -0.39 is 11.7 Å². The minimum atomic E-state index is -4.54. The monoisotopic (exact) mass is 383 g/mol. The molecule has 0 fully saturated rings. The predicted octanol–water partition coefficient (Wildman–Crippen LogP) is 4.74. The molecule has 0 radical (unpaired) electrons. The lowest BCUT2D eigenvalue weighted by Gasteiger charge is -2.09. The number of ether oxygens (including phenoxy) is 1. The highest BCUT2D eigenvalue weighted by Crippen LogP contribution is 2.35. The zero-order valence-electron chi connectivity index (χ0n) is 13.9. The maximum atomic E-state index is 12.8. The summed E-state index contributed by atoms with van der Waals surface area (Å²) >= 11 is 5.56. The molecule has 7 heteroatoms. The number of halogens is 4. The normalized spacial score (nSPS) is 11.6. The Balaban J connectivity index is 1.89. The average Bonchev–Trinajstić information content (AvgIpc) is 2.60. The Morgan fingerprint density at radius 2 is 1.88 bits per heavy atom. The molecule has 3 nitrogen and oxygen atoms in total. The van der Waals surface area contributed by atoms with Crippen LogP contribution in [0.25, 0.3) is 6.08 Å². The average molecular weight is 384 g/mol. The van der Waals surface area contributed by atoms with Crippen molar-refractivity contribution in [2.24, 2.45) is 0 Å². The maximum Gasteiger partial charge on any atom is 0.417 e. The minimum Gasteiger partial charge on any atom is -0.497 e. The highest BCUT2D eigenvalue weighted by molar-refractivity contribution is 6.31. The fourth-order valence-corrected chi connectivity index (χ4v) is 2.44. The number of hydrogen-bond acceptors (Lipinski definition) is 2. The molecule has 0 aliphatic heterocycles. The quantitative estimate of drug-likeness (QED) is 0.732. The SMILES string of the molecule is COc1ccc(CCNC(=O)/C=C/c2ccc(Cl)c(C(F)(F)F)c2)cc1. The van der Waals surface area contributed by atoms with Crippen LogP contribution in [0.5, 0.6) is 5.75 Å². The first-order valence-electron chi connectivity index (χ1n) is 7.75. The zero-order valence-corrected chi connectivity index (χ0v) is 14.7. The number of nitrogens with one attached hydrogen (secondary N) is 1. The second-order valence-corrected chi connectivity index (χ2v) is 5.87. The highest BCUT2D eigenvalue weighted by atomic mass is 35.5. The van der Waals surface area contributed by atoms with Crippen molar-refractivity contribution >= 4 is 23.6 Å². The number of methoxy groups -OCH3 is 1. The number of carbonyl (C=O) groups is 1. The predicted molar refractivity (Wildman–Crippen MR) is 95.2 cm³/mol. The first-order valence-corrected chi connectivity index (χ1v) is 8.13. The van der Waals surface area contributed by atoms with Crippen LogP contribution < -0.4 is 10.1 Å². The summed E-state index contributed by atoms with van der Waals surface area (Å²) in [6.07, 6.45) is -1.41. The smallest absolute Gasteiger partial charge is 0.417 e. The van der Waals surface area contributed by atoms with E-state index >= 15 is 0 Å². The summed E-state index contributed by atoms with van der Waals surface area (Å²) < 4.78 is 43.5. The summed E-state index contributed by atoms with van der Waals surface area (Å²) in [6.45, 7) is 0.407. The molecule has 0 heterocycles. The Kier molecular flexibility index (Phi) is 6.69. The molecule has 0 saturated heterocycles. The lowest BCUT2D eigenvalue weighted by atomic mass is 10.1. The Bertz CT molecular complexity index is 786. The summed E-state index contributed by atoms with van der Waals surface area (Å²) in [5, 5.41) is 2.30. The van der Waals surface area contributed by atoms with Gasteiger partial charge >= 0.3 is 6.18 Å². The molecule has 2 aromatic carbocycles. The van der Waals surface area contributed by atoms with Gasteiger partial charge in [-0.2, -0.15) is 13.2 Å². The van der Waals surface area contributed by atoms with E-state index in [0.29, 0.717) is 13.0 Å². The van der Waals surface area contributed by atoms with E-state index in [-0.39, 0.29) is 16.5 Å². The maximum absolute atomic E-state index is 12.8. The molecule has 0 aromatic heterocycles. The minimum absolute atomic E-state index is 0.243. The second-order valence-electron chi connectivity index (χ2n) is 5.46. The summed E-state index contributed by atoms with van der Waals surface area (Å²) in [4.78, 5) is 11.8. The molecular weight excluding hydrogens is 367 g/mol. The molecule has 0 aliphatic carbocycles. The van der Waals surface area contributed by atoms with Gasteiger partial charge in [0.1, 0.15) is 5.75 Å². The van der Waals surface area contributed by atoms with Crippen molar-refractivity contribution in [2.75, 3.05) is 13.7 Å². The molecule has 1 amide bonds. The van der Waals surface area contributed by atoms with E-state index in [4.69, 9.17) is 16.3 Å². The van der Waals surface area contributed by atoms with Gasteiger partial charge in [-0.15, -0.1) is 0 Å². The summed E-state index contributed by atoms with van der Waals surface area (Å²) in [7, 11) is 1.58. The fraction of sp³-hybridized carbons (Fsp3) is 0.211. The number of alkyl halides is 3. The van der Waals surface area contributed by atoms with Crippen molar-refractivity contribution < 1.29 is 22.7 Å². The number of benzene rings is 2. The van der Waals surface area contributed by atoms with Gasteiger partial charge in [0.2, 0.25) is 5.91 Å². The van der Waals surface area contributed by atoms with Crippen LogP contribution in [0.3, 0.4) is 0 Å². The number of hydrogen-bond donors (Lipinski definition) is 1. The van der Waals surface area contributed by atoms with Crippen molar-refractivity contribution in [3.63, 3.8) is 0 Å². The Hall–Kier alpha value is -2.47. The third-order valence-corrected chi connectivity index (χ3v) is 3.92. The van der Waals surface area contributed by atoms with Crippen LogP contribution in [0.4, 0.5) is 13.2 Å². The second kappa shape index (κ2) is 8.76. The molecule has 0 unspecified atom stereocenters. The molecule has 0 spiro atoms. The van der Waals surface area contributed by atoms with Gasteiger partial charge in [-0.3, -0.25) is 4.79 Å². The van der Waals surface area contributed by atoms with Gasteiger partial charge in [0.25, 0.3) is 0 Å². The van der Waals surface area contributed by atoms with Gasteiger partial charge in [-0.1, -0.05) is 29.8 Å². The highest BCUT2D eigenvalue weighted by Gasteiger charge is 2.33. The van der Waals surface area contributed by atoms with E-state index in [1.54, 1.807) is 7.11 Å². The van der Waals surface area contributed by atoms with E-state index in [9.17, 15) is 18.0 Å². The summed E-state index contributed by atoms with van der Waals surface area (Å²) in [5.74, 6) is 0.365. The van der Waals surface area contributed by atoms with Crippen molar-refractivity contribution in [1.82, 2.24) is 5.32 Å². The molecule has 2 rings (SSSR count). The van der Waals surface area contributed by atoms with Crippen LogP contribution in [-0.4, -0.2) is 19.6 Å².